The van der Waals surface area contributed by atoms with Crippen molar-refractivity contribution < 1.29 is 4.79 Å². The first kappa shape index (κ1) is 15.4. The molecule has 0 saturated heterocycles. The van der Waals surface area contributed by atoms with Gasteiger partial charge in [0.1, 0.15) is 5.82 Å². The summed E-state index contributed by atoms with van der Waals surface area (Å²) in [6, 6.07) is 2.12. The topological polar surface area (TPSA) is 92.1 Å². The number of anilines is 2. The van der Waals surface area contributed by atoms with Gasteiger partial charge < -0.3 is 21.7 Å². The fourth-order valence-electron chi connectivity index (χ4n) is 2.58. The summed E-state index contributed by atoms with van der Waals surface area (Å²) in [7, 11) is 0. The van der Waals surface area contributed by atoms with Crippen molar-refractivity contribution in [1.82, 2.24) is 15.6 Å². The minimum absolute atomic E-state index is 0.0893. The van der Waals surface area contributed by atoms with Crippen LogP contribution < -0.4 is 21.7 Å². The lowest BCUT2D eigenvalue weighted by atomic mass is 9.96. The summed E-state index contributed by atoms with van der Waals surface area (Å²) in [5, 5.41) is 8.99. The molecule has 0 aromatic carbocycles. The Labute approximate surface area is 125 Å². The summed E-state index contributed by atoms with van der Waals surface area (Å²) < 4.78 is 0. The first-order valence-electron chi connectivity index (χ1n) is 7.65. The Hall–Kier alpha value is -1.98. The zero-order valence-electron chi connectivity index (χ0n) is 12.6. The second kappa shape index (κ2) is 7.71. The molecule has 1 fully saturated rings. The van der Waals surface area contributed by atoms with E-state index < -0.39 is 0 Å². The van der Waals surface area contributed by atoms with Crippen LogP contribution in [0.3, 0.4) is 0 Å². The molecule has 0 atom stereocenters. The molecule has 1 aromatic rings. The Kier molecular flexibility index (Phi) is 5.66. The van der Waals surface area contributed by atoms with E-state index in [1.54, 1.807) is 6.20 Å². The predicted molar refractivity (Wildman–Crippen MR) is 85.3 cm³/mol. The molecule has 0 bridgehead atoms. The highest BCUT2D eigenvalue weighted by atomic mass is 16.2. The monoisotopic (exact) mass is 291 g/mol. The van der Waals surface area contributed by atoms with Gasteiger partial charge in [-0.2, -0.15) is 0 Å². The highest BCUT2D eigenvalue weighted by Crippen LogP contribution is 2.17. The fourth-order valence-corrected chi connectivity index (χ4v) is 2.58. The van der Waals surface area contributed by atoms with Gasteiger partial charge in [-0.1, -0.05) is 19.3 Å². The third kappa shape index (κ3) is 5.13. The quantitative estimate of drug-likeness (QED) is 0.625. The van der Waals surface area contributed by atoms with E-state index in [1.165, 1.54) is 19.3 Å². The summed E-state index contributed by atoms with van der Waals surface area (Å²) in [5.74, 6) is 0.662. The highest BCUT2D eigenvalue weighted by Gasteiger charge is 2.14. The van der Waals surface area contributed by atoms with Crippen LogP contribution in [0.4, 0.5) is 16.3 Å². The molecule has 116 valence electrons. The molecule has 1 heterocycles. The summed E-state index contributed by atoms with van der Waals surface area (Å²) in [5.41, 5.74) is 7.52. The van der Waals surface area contributed by atoms with Crippen molar-refractivity contribution in [1.29, 1.82) is 0 Å². The van der Waals surface area contributed by atoms with Crippen LogP contribution in [0.5, 0.6) is 0 Å². The number of aryl methyl sites for hydroxylation is 1. The number of pyridine rings is 1. The minimum Gasteiger partial charge on any atom is -0.396 e. The number of hydrogen-bond donors (Lipinski definition) is 4. The van der Waals surface area contributed by atoms with E-state index in [0.29, 0.717) is 30.6 Å². The van der Waals surface area contributed by atoms with Crippen molar-refractivity contribution in [3.05, 3.63) is 17.8 Å². The van der Waals surface area contributed by atoms with Crippen LogP contribution in [0, 0.1) is 6.92 Å². The molecule has 0 radical (unpaired) electrons. The largest absolute Gasteiger partial charge is 0.396 e. The van der Waals surface area contributed by atoms with Crippen LogP contribution in [0.15, 0.2) is 12.3 Å². The van der Waals surface area contributed by atoms with E-state index in [4.69, 9.17) is 5.73 Å². The van der Waals surface area contributed by atoms with Gasteiger partial charge in [0.15, 0.2) is 0 Å². The Balaban J connectivity index is 1.63. The third-order valence-corrected chi connectivity index (χ3v) is 3.70. The molecule has 0 spiro atoms. The van der Waals surface area contributed by atoms with E-state index in [2.05, 4.69) is 20.9 Å². The van der Waals surface area contributed by atoms with Gasteiger partial charge in [-0.3, -0.25) is 0 Å². The minimum atomic E-state index is -0.0893. The van der Waals surface area contributed by atoms with Crippen molar-refractivity contribution in [3.8, 4) is 0 Å². The number of carbonyl (C=O) groups is 1. The Morgan fingerprint density at radius 2 is 2.10 bits per heavy atom. The third-order valence-electron chi connectivity index (χ3n) is 3.70. The molecule has 1 aliphatic rings. The van der Waals surface area contributed by atoms with Gasteiger partial charge >= 0.3 is 6.03 Å². The predicted octanol–water partition coefficient (Wildman–Crippen LogP) is 2.02. The van der Waals surface area contributed by atoms with E-state index in [-0.39, 0.29) is 6.03 Å². The fraction of sp³-hybridized carbons (Fsp3) is 0.600. The van der Waals surface area contributed by atoms with E-state index in [9.17, 15) is 4.79 Å². The van der Waals surface area contributed by atoms with Gasteiger partial charge in [0.05, 0.1) is 5.69 Å². The summed E-state index contributed by atoms with van der Waals surface area (Å²) in [4.78, 5) is 16.0. The zero-order chi connectivity index (χ0) is 15.1. The number of hydrogen-bond acceptors (Lipinski definition) is 4. The maximum atomic E-state index is 11.7. The molecular weight excluding hydrogens is 266 g/mol. The smallest absolute Gasteiger partial charge is 0.315 e. The average Bonchev–Trinajstić information content (AvgIpc) is 2.46. The summed E-state index contributed by atoms with van der Waals surface area (Å²) in [6.07, 6.45) is 7.66. The first-order valence-corrected chi connectivity index (χ1v) is 7.65. The molecule has 0 unspecified atom stereocenters. The molecule has 6 nitrogen and oxygen atoms in total. The van der Waals surface area contributed by atoms with Crippen molar-refractivity contribution in [3.63, 3.8) is 0 Å². The van der Waals surface area contributed by atoms with Gasteiger partial charge in [-0.25, -0.2) is 9.78 Å². The van der Waals surface area contributed by atoms with Gasteiger partial charge in [-0.05, 0) is 31.4 Å². The van der Waals surface area contributed by atoms with Gasteiger partial charge in [0.25, 0.3) is 0 Å². The van der Waals surface area contributed by atoms with Gasteiger partial charge in [0, 0.05) is 25.3 Å². The molecule has 5 N–H and O–H groups in total. The van der Waals surface area contributed by atoms with Gasteiger partial charge in [-0.15, -0.1) is 0 Å². The molecule has 2 amide bonds. The Bertz CT molecular complexity index is 471. The SMILES string of the molecule is Cc1cnc(NCCNC(=O)NC2CCCCC2)c(N)c1. The molecule has 1 aromatic heterocycles. The standard InChI is InChI=1S/C15H25N5O/c1-11-9-13(16)14(19-10-11)17-7-8-18-15(21)20-12-5-3-2-4-6-12/h9-10,12H,2-8,16H2,1H3,(H,17,19)(H2,18,20,21). The van der Waals surface area contributed by atoms with Gasteiger partial charge in [0.2, 0.25) is 0 Å². The van der Waals surface area contributed by atoms with E-state index >= 15 is 0 Å². The molecule has 0 aliphatic heterocycles. The van der Waals surface area contributed by atoms with Crippen molar-refractivity contribution in [2.24, 2.45) is 0 Å². The number of nitrogens with one attached hydrogen (secondary N) is 3. The Morgan fingerprint density at radius 1 is 1.33 bits per heavy atom. The molecular formula is C15H25N5O. The number of nitrogens with two attached hydrogens (primary N) is 1. The number of nitrogen functional groups attached to an aromatic ring is 1. The molecule has 2 rings (SSSR count). The Morgan fingerprint density at radius 3 is 2.81 bits per heavy atom. The normalized spacial score (nSPS) is 15.5. The van der Waals surface area contributed by atoms with Crippen LogP contribution in [0.25, 0.3) is 0 Å². The summed E-state index contributed by atoms with van der Waals surface area (Å²) in [6.45, 7) is 3.08. The first-order chi connectivity index (χ1) is 10.1. The number of carbonyl (C=O) groups excluding carboxylic acids is 1. The molecule has 1 saturated carbocycles. The lowest BCUT2D eigenvalue weighted by Gasteiger charge is -2.22. The lowest BCUT2D eigenvalue weighted by Crippen LogP contribution is -2.44. The molecule has 6 heteroatoms. The zero-order valence-corrected chi connectivity index (χ0v) is 12.6. The second-order valence-electron chi connectivity index (χ2n) is 5.61. The van der Waals surface area contributed by atoms with Crippen LogP contribution in [-0.4, -0.2) is 30.1 Å². The lowest BCUT2D eigenvalue weighted by molar-refractivity contribution is 0.233. The van der Waals surface area contributed by atoms with E-state index in [0.717, 1.165) is 18.4 Å². The van der Waals surface area contributed by atoms with Crippen LogP contribution in [0.1, 0.15) is 37.7 Å². The number of nitrogens with zero attached hydrogens (tertiary/aromatic N) is 1. The molecule has 21 heavy (non-hydrogen) atoms. The van der Waals surface area contributed by atoms with Crippen LogP contribution >= 0.6 is 0 Å². The number of aromatic nitrogens is 1. The maximum absolute atomic E-state index is 11.7. The molecule has 1 aliphatic carbocycles. The van der Waals surface area contributed by atoms with Crippen molar-refractivity contribution in [2.75, 3.05) is 24.1 Å². The maximum Gasteiger partial charge on any atom is 0.315 e. The van der Waals surface area contributed by atoms with Crippen LogP contribution in [0.2, 0.25) is 0 Å². The van der Waals surface area contributed by atoms with Crippen molar-refractivity contribution >= 4 is 17.5 Å². The highest BCUT2D eigenvalue weighted by molar-refractivity contribution is 5.74. The summed E-state index contributed by atoms with van der Waals surface area (Å²) >= 11 is 0. The van der Waals surface area contributed by atoms with E-state index in [1.807, 2.05) is 13.0 Å². The average molecular weight is 291 g/mol. The van der Waals surface area contributed by atoms with Crippen molar-refractivity contribution in [2.45, 2.75) is 45.1 Å². The number of urea groups is 1. The number of rotatable bonds is 5. The number of amides is 2. The second-order valence-corrected chi connectivity index (χ2v) is 5.61. The van der Waals surface area contributed by atoms with Crippen LogP contribution in [-0.2, 0) is 0 Å².